The normalized spacial score (nSPS) is 31.1. The van der Waals surface area contributed by atoms with Gasteiger partial charge in [0.25, 0.3) is 0 Å². The lowest BCUT2D eigenvalue weighted by molar-refractivity contribution is -0.0130. The van der Waals surface area contributed by atoms with Crippen LogP contribution in [0.15, 0.2) is 0 Å². The highest BCUT2D eigenvalue weighted by Gasteiger charge is 2.46. The molecule has 0 N–H and O–H groups in total. The fourth-order valence-corrected chi connectivity index (χ4v) is 3.41. The Kier molecular flexibility index (Phi) is 3.67. The molecule has 0 aromatic rings. The van der Waals surface area contributed by atoms with Crippen LogP contribution >= 0.6 is 0 Å². The van der Waals surface area contributed by atoms with E-state index in [1.807, 2.05) is 11.8 Å². The third-order valence-corrected chi connectivity index (χ3v) is 4.68. The number of amides is 1. The number of carbonyl (C=O) groups excluding carboxylic acids is 1. The first-order chi connectivity index (χ1) is 9.21. The lowest BCUT2D eigenvalue weighted by Gasteiger charge is -2.38. The molecule has 108 valence electrons. The molecule has 0 unspecified atom stereocenters. The van der Waals surface area contributed by atoms with Crippen molar-refractivity contribution < 1.29 is 14.3 Å². The van der Waals surface area contributed by atoms with Crippen LogP contribution in [0.3, 0.4) is 0 Å². The maximum Gasteiger partial charge on any atom is 0.410 e. The summed E-state index contributed by atoms with van der Waals surface area (Å²) >= 11 is 0. The van der Waals surface area contributed by atoms with E-state index in [4.69, 9.17) is 9.47 Å². The molecule has 19 heavy (non-hydrogen) atoms. The number of likely N-dealkylation sites (N-methyl/N-ethyl adjacent to an activating group) is 1. The van der Waals surface area contributed by atoms with E-state index in [-0.39, 0.29) is 11.7 Å². The average Bonchev–Trinajstić information content (AvgIpc) is 3.01. The smallest absolute Gasteiger partial charge is 0.410 e. The van der Waals surface area contributed by atoms with Gasteiger partial charge in [-0.2, -0.15) is 0 Å². The number of nitrogens with zero attached hydrogens (tertiary/aromatic N) is 2. The lowest BCUT2D eigenvalue weighted by Crippen LogP contribution is -2.48. The quantitative estimate of drug-likeness (QED) is 0.777. The first-order valence-corrected chi connectivity index (χ1v) is 7.53. The summed E-state index contributed by atoms with van der Waals surface area (Å²) in [4.78, 5) is 16.0. The predicted molar refractivity (Wildman–Crippen MR) is 71.1 cm³/mol. The summed E-state index contributed by atoms with van der Waals surface area (Å²) in [5.74, 6) is 0. The summed E-state index contributed by atoms with van der Waals surface area (Å²) in [5, 5.41) is 0. The number of piperidine rings is 1. The Morgan fingerprint density at radius 1 is 1.37 bits per heavy atom. The second kappa shape index (κ2) is 5.29. The zero-order valence-corrected chi connectivity index (χ0v) is 11.8. The maximum atomic E-state index is 11.7. The Balaban J connectivity index is 1.50. The van der Waals surface area contributed by atoms with Gasteiger partial charge in [0.2, 0.25) is 0 Å². The van der Waals surface area contributed by atoms with Crippen LogP contribution in [-0.2, 0) is 9.47 Å². The predicted octanol–water partition coefficient (Wildman–Crippen LogP) is 1.47. The number of hydrogen-bond acceptors (Lipinski definition) is 4. The van der Waals surface area contributed by atoms with Crippen LogP contribution in [0.25, 0.3) is 0 Å². The van der Waals surface area contributed by atoms with E-state index >= 15 is 0 Å². The molecule has 3 rings (SSSR count). The molecule has 1 amide bonds. The van der Waals surface area contributed by atoms with Gasteiger partial charge in [0.05, 0.1) is 12.6 Å². The molecule has 3 aliphatic heterocycles. The van der Waals surface area contributed by atoms with Gasteiger partial charge in [0.15, 0.2) is 0 Å². The van der Waals surface area contributed by atoms with E-state index in [1.165, 1.54) is 12.8 Å². The molecule has 1 spiro atoms. The standard InChI is InChI=1S/C14H24N2O3/c1-2-16-11-14(19-13(16)17)5-7-15(8-6-14)10-12-4-3-9-18-12/h12H,2-11H2,1H3/t12-/m1/s1. The number of carbonyl (C=O) groups is 1. The Hall–Kier alpha value is -0.810. The van der Waals surface area contributed by atoms with Gasteiger partial charge >= 0.3 is 6.09 Å². The maximum absolute atomic E-state index is 11.7. The van der Waals surface area contributed by atoms with E-state index in [1.54, 1.807) is 0 Å². The second-order valence-corrected chi connectivity index (χ2v) is 6.00. The zero-order valence-electron chi connectivity index (χ0n) is 11.8. The topological polar surface area (TPSA) is 42.0 Å². The number of rotatable bonds is 3. The lowest BCUT2D eigenvalue weighted by atomic mass is 9.91. The van der Waals surface area contributed by atoms with Gasteiger partial charge in [-0.05, 0) is 19.8 Å². The second-order valence-electron chi connectivity index (χ2n) is 6.00. The molecule has 0 aromatic heterocycles. The zero-order chi connectivity index (χ0) is 13.3. The van der Waals surface area contributed by atoms with Crippen LogP contribution < -0.4 is 0 Å². The molecule has 0 aromatic carbocycles. The van der Waals surface area contributed by atoms with Gasteiger partial charge in [-0.1, -0.05) is 0 Å². The molecule has 3 fully saturated rings. The Labute approximate surface area is 114 Å². The summed E-state index contributed by atoms with van der Waals surface area (Å²) in [5.41, 5.74) is -0.208. The van der Waals surface area contributed by atoms with Crippen molar-refractivity contribution in [3.8, 4) is 0 Å². The van der Waals surface area contributed by atoms with Crippen molar-refractivity contribution in [3.63, 3.8) is 0 Å². The molecule has 1 atom stereocenters. The summed E-state index contributed by atoms with van der Waals surface area (Å²) in [6.07, 6.45) is 4.61. The summed E-state index contributed by atoms with van der Waals surface area (Å²) in [6, 6.07) is 0. The minimum absolute atomic E-state index is 0.130. The Morgan fingerprint density at radius 3 is 2.74 bits per heavy atom. The molecule has 0 radical (unpaired) electrons. The van der Waals surface area contributed by atoms with Crippen LogP contribution in [0, 0.1) is 0 Å². The van der Waals surface area contributed by atoms with Gasteiger partial charge in [-0.3, -0.25) is 0 Å². The van der Waals surface area contributed by atoms with Crippen LogP contribution in [-0.4, -0.2) is 66.9 Å². The largest absolute Gasteiger partial charge is 0.441 e. The average molecular weight is 268 g/mol. The minimum atomic E-state index is -0.208. The SMILES string of the molecule is CCN1CC2(CCN(C[C@H]3CCCO3)CC2)OC1=O. The molecule has 5 heteroatoms. The van der Waals surface area contributed by atoms with Crippen molar-refractivity contribution in [2.45, 2.75) is 44.3 Å². The van der Waals surface area contributed by atoms with Crippen molar-refractivity contribution in [1.82, 2.24) is 9.80 Å². The third kappa shape index (κ3) is 2.72. The molecular weight excluding hydrogens is 244 g/mol. The summed E-state index contributed by atoms with van der Waals surface area (Å²) in [6.45, 7) is 7.53. The highest BCUT2D eigenvalue weighted by Crippen LogP contribution is 2.33. The molecule has 0 bridgehead atoms. The van der Waals surface area contributed by atoms with Crippen molar-refractivity contribution in [1.29, 1.82) is 0 Å². The monoisotopic (exact) mass is 268 g/mol. The van der Waals surface area contributed by atoms with Gasteiger partial charge in [-0.25, -0.2) is 4.79 Å². The third-order valence-electron chi connectivity index (χ3n) is 4.68. The first kappa shape index (κ1) is 13.2. The highest BCUT2D eigenvalue weighted by molar-refractivity contribution is 5.70. The molecule has 0 aliphatic carbocycles. The molecule has 3 saturated heterocycles. The van der Waals surface area contributed by atoms with Crippen molar-refractivity contribution in [2.75, 3.05) is 39.3 Å². The molecule has 3 heterocycles. The number of ether oxygens (including phenoxy) is 2. The van der Waals surface area contributed by atoms with Crippen LogP contribution in [0.4, 0.5) is 4.79 Å². The van der Waals surface area contributed by atoms with E-state index in [0.29, 0.717) is 6.10 Å². The molecule has 3 aliphatic rings. The molecule has 0 saturated carbocycles. The molecular formula is C14H24N2O3. The van der Waals surface area contributed by atoms with Gasteiger partial charge < -0.3 is 19.3 Å². The van der Waals surface area contributed by atoms with Gasteiger partial charge in [-0.15, -0.1) is 0 Å². The highest BCUT2D eigenvalue weighted by atomic mass is 16.6. The van der Waals surface area contributed by atoms with Crippen molar-refractivity contribution >= 4 is 6.09 Å². The van der Waals surface area contributed by atoms with Crippen LogP contribution in [0.2, 0.25) is 0 Å². The van der Waals surface area contributed by atoms with E-state index in [2.05, 4.69) is 4.90 Å². The van der Waals surface area contributed by atoms with Crippen LogP contribution in [0.1, 0.15) is 32.6 Å². The van der Waals surface area contributed by atoms with Gasteiger partial charge in [0, 0.05) is 45.6 Å². The van der Waals surface area contributed by atoms with Gasteiger partial charge in [0.1, 0.15) is 5.60 Å². The molecule has 5 nitrogen and oxygen atoms in total. The summed E-state index contributed by atoms with van der Waals surface area (Å²) < 4.78 is 11.3. The fourth-order valence-electron chi connectivity index (χ4n) is 3.41. The number of likely N-dealkylation sites (tertiary alicyclic amines) is 1. The number of hydrogen-bond donors (Lipinski definition) is 0. The van der Waals surface area contributed by atoms with E-state index in [9.17, 15) is 4.79 Å². The van der Waals surface area contributed by atoms with Crippen molar-refractivity contribution in [3.05, 3.63) is 0 Å². The summed E-state index contributed by atoms with van der Waals surface area (Å²) in [7, 11) is 0. The van der Waals surface area contributed by atoms with E-state index in [0.717, 1.165) is 52.2 Å². The Morgan fingerprint density at radius 2 is 2.16 bits per heavy atom. The Bertz CT molecular complexity index is 334. The first-order valence-electron chi connectivity index (χ1n) is 7.53. The minimum Gasteiger partial charge on any atom is -0.441 e. The van der Waals surface area contributed by atoms with E-state index < -0.39 is 0 Å². The fraction of sp³-hybridized carbons (Fsp3) is 0.929. The van der Waals surface area contributed by atoms with Crippen LogP contribution in [0.5, 0.6) is 0 Å². The van der Waals surface area contributed by atoms with Crippen molar-refractivity contribution in [2.24, 2.45) is 0 Å².